The van der Waals surface area contributed by atoms with Crippen molar-refractivity contribution in [1.82, 2.24) is 0 Å². The Morgan fingerprint density at radius 1 is 1.10 bits per heavy atom. The first-order chi connectivity index (χ1) is 14.9. The number of rotatable bonds is 10. The first kappa shape index (κ1) is 23.1. The van der Waals surface area contributed by atoms with E-state index in [2.05, 4.69) is 6.92 Å². The quantitative estimate of drug-likeness (QED) is 0.198. The van der Waals surface area contributed by atoms with Gasteiger partial charge >= 0.3 is 5.97 Å². The number of aryl methyl sites for hydroxylation is 2. The van der Waals surface area contributed by atoms with Crippen LogP contribution in [-0.2, 0) is 17.6 Å². The summed E-state index contributed by atoms with van der Waals surface area (Å²) in [5.41, 5.74) is 3.31. The van der Waals surface area contributed by atoms with Gasteiger partial charge in [-0.2, -0.15) is 0 Å². The van der Waals surface area contributed by atoms with Crippen molar-refractivity contribution in [3.63, 3.8) is 0 Å². The normalized spacial score (nSPS) is 11.3. The molecule has 1 aromatic heterocycles. The maximum Gasteiger partial charge on any atom is 0.338 e. The molecule has 164 valence electrons. The van der Waals surface area contributed by atoms with Gasteiger partial charge in [0.15, 0.2) is 5.78 Å². The van der Waals surface area contributed by atoms with Gasteiger partial charge in [0.2, 0.25) is 0 Å². The molecule has 0 saturated carbocycles. The van der Waals surface area contributed by atoms with Crippen LogP contribution in [0.15, 0.2) is 46.9 Å². The predicted octanol–water partition coefficient (Wildman–Crippen LogP) is 6.74. The third kappa shape index (κ3) is 5.56. The van der Waals surface area contributed by atoms with Crippen LogP contribution in [0.3, 0.4) is 0 Å². The van der Waals surface area contributed by atoms with E-state index in [9.17, 15) is 9.59 Å². The number of carbonyl (C=O) groups is 2. The van der Waals surface area contributed by atoms with Gasteiger partial charge in [-0.25, -0.2) is 4.79 Å². The molecule has 3 rings (SSSR count). The SMILES string of the molecule is CCCCc1oc2ccc([14C](=O)OC(C)C)cc2c1C(=O)c1ccc(CCCCl)cc1. The standard InChI is InChI=1S/C26H29ClO4/c1-4-5-8-23-24(25(28)19-11-9-18(10-12-19)7-6-15-27)21-16-20(13-14-22(21)31-23)26(29)30-17(2)3/h9-14,16-17H,4-8,15H2,1-3H3/i26+2. The molecule has 0 amide bonds. The van der Waals surface area contributed by atoms with Crippen molar-refractivity contribution >= 4 is 34.3 Å². The Morgan fingerprint density at radius 3 is 2.48 bits per heavy atom. The zero-order valence-corrected chi connectivity index (χ0v) is 19.1. The molecular weight excluding hydrogens is 414 g/mol. The molecule has 0 aliphatic heterocycles. The zero-order chi connectivity index (χ0) is 22.4. The van der Waals surface area contributed by atoms with Gasteiger partial charge in [0.25, 0.3) is 0 Å². The van der Waals surface area contributed by atoms with Crippen LogP contribution in [0.5, 0.6) is 0 Å². The molecule has 3 aromatic rings. The number of hydrogen-bond acceptors (Lipinski definition) is 4. The molecule has 0 unspecified atom stereocenters. The van der Waals surface area contributed by atoms with Crippen LogP contribution < -0.4 is 0 Å². The number of ketones is 1. The van der Waals surface area contributed by atoms with Gasteiger partial charge in [-0.3, -0.25) is 4.79 Å². The van der Waals surface area contributed by atoms with Crippen molar-refractivity contribution in [3.8, 4) is 0 Å². The van der Waals surface area contributed by atoms with E-state index in [4.69, 9.17) is 20.8 Å². The summed E-state index contributed by atoms with van der Waals surface area (Å²) in [7, 11) is 0. The number of esters is 1. The van der Waals surface area contributed by atoms with Gasteiger partial charge < -0.3 is 9.15 Å². The average molecular weight is 443 g/mol. The third-order valence-electron chi connectivity index (χ3n) is 5.14. The largest absolute Gasteiger partial charge is 0.460 e. The first-order valence-electron chi connectivity index (χ1n) is 10.9. The van der Waals surface area contributed by atoms with E-state index in [1.807, 2.05) is 38.1 Å². The molecule has 5 heteroatoms. The summed E-state index contributed by atoms with van der Waals surface area (Å²) in [6, 6.07) is 12.8. The molecule has 0 fully saturated rings. The minimum atomic E-state index is -0.407. The highest BCUT2D eigenvalue weighted by Crippen LogP contribution is 2.31. The molecule has 0 radical (unpaired) electrons. The zero-order valence-electron chi connectivity index (χ0n) is 18.4. The van der Waals surface area contributed by atoms with Gasteiger partial charge in [0.1, 0.15) is 11.3 Å². The van der Waals surface area contributed by atoms with Crippen molar-refractivity contribution < 1.29 is 18.7 Å². The van der Waals surface area contributed by atoms with E-state index in [0.717, 1.165) is 31.2 Å². The number of carbonyl (C=O) groups excluding carboxylic acids is 2. The number of benzene rings is 2. The summed E-state index contributed by atoms with van der Waals surface area (Å²) in [5.74, 6) is 0.783. The summed E-state index contributed by atoms with van der Waals surface area (Å²) < 4.78 is 11.4. The lowest BCUT2D eigenvalue weighted by Gasteiger charge is -2.08. The Hall–Kier alpha value is -2.59. The maximum absolute atomic E-state index is 13.5. The van der Waals surface area contributed by atoms with Gasteiger partial charge in [0.05, 0.1) is 17.2 Å². The van der Waals surface area contributed by atoms with E-state index in [-0.39, 0.29) is 11.9 Å². The molecule has 0 saturated heterocycles. The molecule has 31 heavy (non-hydrogen) atoms. The Morgan fingerprint density at radius 2 is 1.84 bits per heavy atom. The fourth-order valence-corrected chi connectivity index (χ4v) is 3.69. The predicted molar refractivity (Wildman–Crippen MR) is 124 cm³/mol. The summed E-state index contributed by atoms with van der Waals surface area (Å²) in [6.45, 7) is 5.72. The summed E-state index contributed by atoms with van der Waals surface area (Å²) in [5, 5.41) is 0.653. The monoisotopic (exact) mass is 442 g/mol. The highest BCUT2D eigenvalue weighted by molar-refractivity contribution is 6.18. The number of fused-ring (bicyclic) bond motifs is 1. The van der Waals surface area contributed by atoms with Gasteiger partial charge in [0, 0.05) is 23.3 Å². The molecule has 0 atom stereocenters. The molecule has 0 aliphatic rings. The van der Waals surface area contributed by atoms with E-state index in [1.165, 1.54) is 0 Å². The molecule has 4 nitrogen and oxygen atoms in total. The highest BCUT2D eigenvalue weighted by Gasteiger charge is 2.23. The van der Waals surface area contributed by atoms with Crippen LogP contribution in [0.1, 0.15) is 77.6 Å². The number of furan rings is 1. The Balaban J connectivity index is 2.02. The molecule has 0 bridgehead atoms. The third-order valence-corrected chi connectivity index (χ3v) is 5.41. The Bertz CT molecular complexity index is 1050. The van der Waals surface area contributed by atoms with E-state index in [1.54, 1.807) is 18.2 Å². The van der Waals surface area contributed by atoms with Gasteiger partial charge in [-0.05, 0) is 56.9 Å². The van der Waals surface area contributed by atoms with Crippen LogP contribution in [0.4, 0.5) is 0 Å². The summed E-state index contributed by atoms with van der Waals surface area (Å²) in [4.78, 5) is 25.9. The Labute approximate surface area is 188 Å². The summed E-state index contributed by atoms with van der Waals surface area (Å²) in [6.07, 6.45) is 4.15. The molecule has 0 spiro atoms. The molecule has 0 N–H and O–H groups in total. The molecular formula is C26H29ClO4. The second-order valence-electron chi connectivity index (χ2n) is 7.99. The van der Waals surface area contributed by atoms with Crippen LogP contribution in [0, 0.1) is 0 Å². The van der Waals surface area contributed by atoms with Crippen molar-refractivity contribution in [2.45, 2.75) is 59.0 Å². The molecule has 1 heterocycles. The number of alkyl halides is 1. The fraction of sp³-hybridized carbons (Fsp3) is 0.385. The lowest BCUT2D eigenvalue weighted by molar-refractivity contribution is 0.0378. The number of halogens is 1. The molecule has 2 aromatic carbocycles. The van der Waals surface area contributed by atoms with Crippen molar-refractivity contribution in [3.05, 3.63) is 70.5 Å². The minimum Gasteiger partial charge on any atom is -0.460 e. The van der Waals surface area contributed by atoms with Gasteiger partial charge in [-0.15, -0.1) is 11.6 Å². The lowest BCUT2D eigenvalue weighted by atomic mass is 9.97. The van der Waals surface area contributed by atoms with Crippen LogP contribution in [0.2, 0.25) is 0 Å². The van der Waals surface area contributed by atoms with Gasteiger partial charge in [-0.1, -0.05) is 37.6 Å². The maximum atomic E-state index is 13.5. The fourth-order valence-electron chi connectivity index (χ4n) is 3.56. The van der Waals surface area contributed by atoms with Crippen molar-refractivity contribution in [2.75, 3.05) is 5.88 Å². The average Bonchev–Trinajstić information content (AvgIpc) is 3.13. The highest BCUT2D eigenvalue weighted by atomic mass is 35.5. The smallest absolute Gasteiger partial charge is 0.338 e. The minimum absolute atomic E-state index is 0.0943. The number of hydrogen-bond donors (Lipinski definition) is 0. The van der Waals surface area contributed by atoms with E-state index >= 15 is 0 Å². The van der Waals surface area contributed by atoms with Crippen LogP contribution in [-0.4, -0.2) is 23.7 Å². The second kappa shape index (κ2) is 10.6. The van der Waals surface area contributed by atoms with Crippen LogP contribution >= 0.6 is 11.6 Å². The molecule has 0 aliphatic carbocycles. The second-order valence-corrected chi connectivity index (χ2v) is 8.37. The topological polar surface area (TPSA) is 56.5 Å². The lowest BCUT2D eigenvalue weighted by Crippen LogP contribution is -2.11. The van der Waals surface area contributed by atoms with Crippen LogP contribution in [0.25, 0.3) is 11.0 Å². The van der Waals surface area contributed by atoms with Crippen molar-refractivity contribution in [1.29, 1.82) is 0 Å². The van der Waals surface area contributed by atoms with Crippen molar-refractivity contribution in [2.24, 2.45) is 0 Å². The summed E-state index contributed by atoms with van der Waals surface area (Å²) >= 11 is 5.78. The Kier molecular flexibility index (Phi) is 7.91. The van der Waals surface area contributed by atoms with E-state index < -0.39 is 5.97 Å². The number of ether oxygens (including phenoxy) is 1. The van der Waals surface area contributed by atoms with E-state index in [0.29, 0.717) is 45.7 Å². The number of unbranched alkanes of at least 4 members (excludes halogenated alkanes) is 1. The first-order valence-corrected chi connectivity index (χ1v) is 11.4.